The normalized spacial score (nSPS) is 14.1. The summed E-state index contributed by atoms with van der Waals surface area (Å²) < 4.78 is 5.17. The third kappa shape index (κ3) is 5.41. The van der Waals surface area contributed by atoms with Gasteiger partial charge in [-0.2, -0.15) is 0 Å². The lowest BCUT2D eigenvalue weighted by Crippen LogP contribution is -2.41. The van der Waals surface area contributed by atoms with Crippen molar-refractivity contribution in [2.45, 2.75) is 52.3 Å². The molecular weight excluding hydrogens is 272 g/mol. The quantitative estimate of drug-likeness (QED) is 0.682. The van der Waals surface area contributed by atoms with Crippen molar-refractivity contribution in [2.24, 2.45) is 0 Å². The number of nitrogens with one attached hydrogen (secondary N) is 1. The number of nitrogens with zero attached hydrogens (tertiary/aromatic N) is 1. The molecule has 6 nitrogen and oxygen atoms in total. The summed E-state index contributed by atoms with van der Waals surface area (Å²) in [5, 5.41) is 13.6. The lowest BCUT2D eigenvalue weighted by molar-refractivity contribution is -0.523. The Bertz CT molecular complexity index is 505. The molecule has 116 valence electrons. The molecule has 1 amide bonds. The van der Waals surface area contributed by atoms with Gasteiger partial charge in [-0.1, -0.05) is 29.8 Å². The van der Waals surface area contributed by atoms with E-state index in [1.165, 1.54) is 6.92 Å². The summed E-state index contributed by atoms with van der Waals surface area (Å²) >= 11 is 0. The Labute approximate surface area is 124 Å². The average molecular weight is 294 g/mol. The highest BCUT2D eigenvalue weighted by Gasteiger charge is 2.31. The largest absolute Gasteiger partial charge is 0.444 e. The first-order chi connectivity index (χ1) is 9.60. The summed E-state index contributed by atoms with van der Waals surface area (Å²) in [4.78, 5) is 22.5. The van der Waals surface area contributed by atoms with Gasteiger partial charge in [0.1, 0.15) is 11.6 Å². The summed E-state index contributed by atoms with van der Waals surface area (Å²) in [6, 6.07) is 5.56. The number of carbonyl (C=O) groups excluding carboxylic acids is 1. The Kier molecular flexibility index (Phi) is 5.29. The Morgan fingerprint density at radius 1 is 1.29 bits per heavy atom. The van der Waals surface area contributed by atoms with Crippen LogP contribution in [0.5, 0.6) is 0 Å². The van der Waals surface area contributed by atoms with E-state index >= 15 is 0 Å². The Balaban J connectivity index is 2.95. The van der Waals surface area contributed by atoms with Gasteiger partial charge < -0.3 is 10.1 Å². The van der Waals surface area contributed by atoms with Gasteiger partial charge >= 0.3 is 6.09 Å². The molecule has 6 heteroatoms. The molecular formula is C15H22N2O4. The molecule has 0 fully saturated rings. The van der Waals surface area contributed by atoms with Crippen LogP contribution in [0.4, 0.5) is 4.79 Å². The monoisotopic (exact) mass is 294 g/mol. The number of alkyl carbamates (subject to hydrolysis) is 1. The van der Waals surface area contributed by atoms with Crippen molar-refractivity contribution in [3.8, 4) is 0 Å². The van der Waals surface area contributed by atoms with Crippen molar-refractivity contribution < 1.29 is 14.5 Å². The molecule has 0 aliphatic rings. The SMILES string of the molecule is Cc1ccc([C@H](NC(=O)OC(C)(C)C)[C@@H](C)[N+](=O)[O-])cc1. The summed E-state index contributed by atoms with van der Waals surface area (Å²) in [6.45, 7) is 8.61. The van der Waals surface area contributed by atoms with Gasteiger partial charge in [0.05, 0.1) is 0 Å². The fourth-order valence-corrected chi connectivity index (χ4v) is 1.81. The summed E-state index contributed by atoms with van der Waals surface area (Å²) in [7, 11) is 0. The van der Waals surface area contributed by atoms with Crippen LogP contribution >= 0.6 is 0 Å². The average Bonchev–Trinajstić information content (AvgIpc) is 2.34. The molecule has 1 rings (SSSR count). The van der Waals surface area contributed by atoms with Gasteiger partial charge in [0.25, 0.3) is 0 Å². The molecule has 0 unspecified atom stereocenters. The summed E-state index contributed by atoms with van der Waals surface area (Å²) in [6.07, 6.45) is -0.665. The van der Waals surface area contributed by atoms with Gasteiger partial charge in [-0.05, 0) is 33.3 Å². The predicted octanol–water partition coefficient (Wildman–Crippen LogP) is 3.23. The third-order valence-corrected chi connectivity index (χ3v) is 2.92. The molecule has 1 aromatic carbocycles. The number of hydrogen-bond donors (Lipinski definition) is 1. The minimum atomic E-state index is -0.958. The zero-order valence-corrected chi connectivity index (χ0v) is 13.0. The van der Waals surface area contributed by atoms with E-state index in [1.54, 1.807) is 32.9 Å². The van der Waals surface area contributed by atoms with Gasteiger partial charge in [-0.15, -0.1) is 0 Å². The number of ether oxygens (including phenoxy) is 1. The number of carbonyl (C=O) groups is 1. The standard InChI is InChI=1S/C15H22N2O4/c1-10-6-8-12(9-7-10)13(11(2)17(19)20)16-14(18)21-15(3,4)5/h6-9,11,13H,1-5H3,(H,16,18)/t11-,13-/m1/s1. The lowest BCUT2D eigenvalue weighted by Gasteiger charge is -2.24. The minimum absolute atomic E-state index is 0.415. The van der Waals surface area contributed by atoms with Crippen molar-refractivity contribution in [2.75, 3.05) is 0 Å². The molecule has 2 atom stereocenters. The maximum Gasteiger partial charge on any atom is 0.408 e. The van der Waals surface area contributed by atoms with Crippen molar-refractivity contribution in [3.63, 3.8) is 0 Å². The highest BCUT2D eigenvalue weighted by Crippen LogP contribution is 2.20. The van der Waals surface area contributed by atoms with Crippen LogP contribution in [0.25, 0.3) is 0 Å². The van der Waals surface area contributed by atoms with Gasteiger partial charge in [-0.25, -0.2) is 4.79 Å². The van der Waals surface area contributed by atoms with Crippen LogP contribution in [0, 0.1) is 17.0 Å². The van der Waals surface area contributed by atoms with E-state index in [0.29, 0.717) is 5.56 Å². The molecule has 0 saturated carbocycles. The summed E-state index contributed by atoms with van der Waals surface area (Å²) in [5.41, 5.74) is 1.07. The molecule has 0 aliphatic heterocycles. The number of amides is 1. The molecule has 0 bridgehead atoms. The minimum Gasteiger partial charge on any atom is -0.444 e. The zero-order chi connectivity index (χ0) is 16.2. The molecule has 21 heavy (non-hydrogen) atoms. The smallest absolute Gasteiger partial charge is 0.408 e. The Morgan fingerprint density at radius 3 is 2.24 bits per heavy atom. The number of aryl methyl sites for hydroxylation is 1. The molecule has 0 spiro atoms. The topological polar surface area (TPSA) is 81.5 Å². The molecule has 0 saturated heterocycles. The van der Waals surface area contributed by atoms with E-state index in [-0.39, 0.29) is 0 Å². The van der Waals surface area contributed by atoms with E-state index in [2.05, 4.69) is 5.32 Å². The van der Waals surface area contributed by atoms with Crippen molar-refractivity contribution in [1.82, 2.24) is 5.32 Å². The Morgan fingerprint density at radius 2 is 1.81 bits per heavy atom. The van der Waals surface area contributed by atoms with Crippen molar-refractivity contribution in [1.29, 1.82) is 0 Å². The van der Waals surface area contributed by atoms with E-state index in [9.17, 15) is 14.9 Å². The van der Waals surface area contributed by atoms with Gasteiger partial charge in [0.2, 0.25) is 6.04 Å². The zero-order valence-electron chi connectivity index (χ0n) is 13.0. The highest BCUT2D eigenvalue weighted by atomic mass is 16.6. The first-order valence-corrected chi connectivity index (χ1v) is 6.80. The van der Waals surface area contributed by atoms with Gasteiger partial charge in [0.15, 0.2) is 0 Å². The first kappa shape index (κ1) is 16.9. The number of benzene rings is 1. The first-order valence-electron chi connectivity index (χ1n) is 6.80. The predicted molar refractivity (Wildman–Crippen MR) is 79.7 cm³/mol. The third-order valence-electron chi connectivity index (χ3n) is 2.92. The molecule has 0 aromatic heterocycles. The summed E-state index contributed by atoms with van der Waals surface area (Å²) in [5.74, 6) is 0. The maximum atomic E-state index is 11.9. The molecule has 0 radical (unpaired) electrons. The molecule has 1 N–H and O–H groups in total. The maximum absolute atomic E-state index is 11.9. The van der Waals surface area contributed by atoms with Crippen LogP contribution in [-0.4, -0.2) is 22.7 Å². The van der Waals surface area contributed by atoms with Crippen LogP contribution in [0.2, 0.25) is 0 Å². The van der Waals surface area contributed by atoms with E-state index in [0.717, 1.165) is 5.56 Å². The van der Waals surface area contributed by atoms with Crippen LogP contribution in [0.1, 0.15) is 44.9 Å². The second-order valence-electron chi connectivity index (χ2n) is 6.06. The van der Waals surface area contributed by atoms with Crippen LogP contribution in [-0.2, 0) is 4.74 Å². The highest BCUT2D eigenvalue weighted by molar-refractivity contribution is 5.68. The molecule has 0 aliphatic carbocycles. The van der Waals surface area contributed by atoms with Crippen molar-refractivity contribution in [3.05, 3.63) is 45.5 Å². The fourth-order valence-electron chi connectivity index (χ4n) is 1.81. The molecule has 0 heterocycles. The molecule has 1 aromatic rings. The number of rotatable bonds is 4. The van der Waals surface area contributed by atoms with Crippen LogP contribution < -0.4 is 5.32 Å². The van der Waals surface area contributed by atoms with Crippen LogP contribution in [0.15, 0.2) is 24.3 Å². The second-order valence-corrected chi connectivity index (χ2v) is 6.06. The van der Waals surface area contributed by atoms with Gasteiger partial charge in [-0.3, -0.25) is 10.1 Å². The fraction of sp³-hybridized carbons (Fsp3) is 0.533. The van der Waals surface area contributed by atoms with Crippen LogP contribution in [0.3, 0.4) is 0 Å². The van der Waals surface area contributed by atoms with Gasteiger partial charge in [0, 0.05) is 11.8 Å². The van der Waals surface area contributed by atoms with E-state index in [1.807, 2.05) is 19.1 Å². The van der Waals surface area contributed by atoms with E-state index < -0.39 is 28.7 Å². The van der Waals surface area contributed by atoms with Crippen molar-refractivity contribution >= 4 is 6.09 Å². The number of hydrogen-bond acceptors (Lipinski definition) is 4. The Hall–Kier alpha value is -2.11. The number of nitro groups is 1. The van der Waals surface area contributed by atoms with E-state index in [4.69, 9.17) is 4.74 Å². The lowest BCUT2D eigenvalue weighted by atomic mass is 10.00. The second kappa shape index (κ2) is 6.56.